The number of likely N-dealkylation sites (tertiary alicyclic amines) is 1. The molecule has 0 amide bonds. The van der Waals surface area contributed by atoms with Gasteiger partial charge in [-0.25, -0.2) is 9.97 Å². The summed E-state index contributed by atoms with van der Waals surface area (Å²) < 4.78 is 11.0. The number of rotatable bonds is 6. The Kier molecular flexibility index (Phi) is 5.17. The van der Waals surface area contributed by atoms with E-state index in [9.17, 15) is 0 Å². The highest BCUT2D eigenvalue weighted by molar-refractivity contribution is 4.94. The van der Waals surface area contributed by atoms with Crippen molar-refractivity contribution in [3.8, 4) is 6.01 Å². The highest BCUT2D eigenvalue weighted by atomic mass is 16.5. The molecule has 1 fully saturated rings. The third-order valence-corrected chi connectivity index (χ3v) is 4.06. The average Bonchev–Trinajstić information content (AvgIpc) is 3.04. The van der Waals surface area contributed by atoms with Crippen molar-refractivity contribution in [1.82, 2.24) is 25.0 Å². The van der Waals surface area contributed by atoms with E-state index in [2.05, 4.69) is 38.9 Å². The molecule has 0 atom stereocenters. The Balaban J connectivity index is 1.41. The van der Waals surface area contributed by atoms with Gasteiger partial charge in [0.25, 0.3) is 0 Å². The van der Waals surface area contributed by atoms with Crippen LogP contribution in [-0.2, 0) is 6.54 Å². The number of piperidine rings is 1. The molecule has 0 radical (unpaired) electrons. The first-order chi connectivity index (χ1) is 11.2. The van der Waals surface area contributed by atoms with E-state index >= 15 is 0 Å². The van der Waals surface area contributed by atoms with Crippen LogP contribution in [0.15, 0.2) is 23.0 Å². The second-order valence-corrected chi connectivity index (χ2v) is 6.26. The third-order valence-electron chi connectivity index (χ3n) is 4.06. The van der Waals surface area contributed by atoms with Gasteiger partial charge in [-0.1, -0.05) is 19.0 Å². The van der Waals surface area contributed by atoms with Crippen LogP contribution >= 0.6 is 0 Å². The van der Waals surface area contributed by atoms with Crippen molar-refractivity contribution in [3.63, 3.8) is 0 Å². The number of hydrogen-bond donors (Lipinski definition) is 0. The molecule has 124 valence electrons. The van der Waals surface area contributed by atoms with Gasteiger partial charge in [0, 0.05) is 18.3 Å². The maximum Gasteiger partial charge on any atom is 0.316 e. The minimum Gasteiger partial charge on any atom is -0.463 e. The van der Waals surface area contributed by atoms with Gasteiger partial charge < -0.3 is 9.26 Å². The van der Waals surface area contributed by atoms with Crippen molar-refractivity contribution in [3.05, 3.63) is 30.2 Å². The van der Waals surface area contributed by atoms with Gasteiger partial charge in [0.15, 0.2) is 5.82 Å². The van der Waals surface area contributed by atoms with E-state index in [1.54, 1.807) is 18.5 Å². The summed E-state index contributed by atoms with van der Waals surface area (Å²) in [6.07, 6.45) is 5.58. The summed E-state index contributed by atoms with van der Waals surface area (Å²) in [6, 6.07) is 2.25. The second kappa shape index (κ2) is 7.50. The summed E-state index contributed by atoms with van der Waals surface area (Å²) in [5.41, 5.74) is 0. The fourth-order valence-corrected chi connectivity index (χ4v) is 2.62. The second-order valence-electron chi connectivity index (χ2n) is 6.26. The van der Waals surface area contributed by atoms with Crippen molar-refractivity contribution < 1.29 is 9.26 Å². The molecular formula is C16H23N5O2. The summed E-state index contributed by atoms with van der Waals surface area (Å²) in [7, 11) is 0. The van der Waals surface area contributed by atoms with Crippen LogP contribution in [0.3, 0.4) is 0 Å². The van der Waals surface area contributed by atoms with E-state index in [0.717, 1.165) is 38.3 Å². The Hall–Kier alpha value is -2.02. The Morgan fingerprint density at radius 2 is 2.00 bits per heavy atom. The lowest BCUT2D eigenvalue weighted by Gasteiger charge is -2.30. The molecule has 0 bridgehead atoms. The minimum absolute atomic E-state index is 0.301. The van der Waals surface area contributed by atoms with E-state index in [1.807, 2.05) is 0 Å². The SMILES string of the molecule is CC(C)c1noc(CN2CCC(COc3ncccn3)CC2)n1. The molecule has 7 nitrogen and oxygen atoms in total. The zero-order valence-electron chi connectivity index (χ0n) is 13.7. The highest BCUT2D eigenvalue weighted by Gasteiger charge is 2.22. The zero-order valence-corrected chi connectivity index (χ0v) is 13.7. The molecule has 23 heavy (non-hydrogen) atoms. The Labute approximate surface area is 136 Å². The molecule has 0 saturated carbocycles. The van der Waals surface area contributed by atoms with Gasteiger partial charge in [-0.05, 0) is 37.9 Å². The van der Waals surface area contributed by atoms with E-state index in [-0.39, 0.29) is 0 Å². The van der Waals surface area contributed by atoms with E-state index in [1.165, 1.54) is 0 Å². The van der Waals surface area contributed by atoms with Gasteiger partial charge in [-0.2, -0.15) is 4.98 Å². The summed E-state index contributed by atoms with van der Waals surface area (Å²) >= 11 is 0. The highest BCUT2D eigenvalue weighted by Crippen LogP contribution is 2.20. The molecule has 3 heterocycles. The van der Waals surface area contributed by atoms with E-state index in [4.69, 9.17) is 9.26 Å². The standard InChI is InChI=1S/C16H23N5O2/c1-12(2)15-19-14(23-20-15)10-21-8-4-13(5-9-21)11-22-16-17-6-3-7-18-16/h3,6-7,12-13H,4-5,8-11H2,1-2H3. The molecule has 0 unspecified atom stereocenters. The summed E-state index contributed by atoms with van der Waals surface area (Å²) in [5.74, 6) is 2.34. The van der Waals surface area contributed by atoms with Gasteiger partial charge in [0.05, 0.1) is 13.2 Å². The molecule has 3 rings (SSSR count). The van der Waals surface area contributed by atoms with Crippen LogP contribution in [0.5, 0.6) is 6.01 Å². The Bertz CT molecular complexity index is 594. The molecule has 7 heteroatoms. The maximum atomic E-state index is 5.65. The predicted octanol–water partition coefficient (Wildman–Crippen LogP) is 2.27. The molecule has 1 aliphatic rings. The number of hydrogen-bond acceptors (Lipinski definition) is 7. The van der Waals surface area contributed by atoms with Crippen LogP contribution in [0, 0.1) is 5.92 Å². The molecule has 1 saturated heterocycles. The number of aromatic nitrogens is 4. The largest absolute Gasteiger partial charge is 0.463 e. The van der Waals surface area contributed by atoms with Crippen LogP contribution in [0.2, 0.25) is 0 Å². The summed E-state index contributed by atoms with van der Waals surface area (Å²) in [4.78, 5) is 15.0. The molecule has 2 aromatic rings. The van der Waals surface area contributed by atoms with Crippen molar-refractivity contribution >= 4 is 0 Å². The average molecular weight is 317 g/mol. The third kappa shape index (κ3) is 4.48. The fraction of sp³-hybridized carbons (Fsp3) is 0.625. The van der Waals surface area contributed by atoms with Gasteiger partial charge in [0.2, 0.25) is 5.89 Å². The summed E-state index contributed by atoms with van der Waals surface area (Å²) in [6.45, 7) is 7.57. The van der Waals surface area contributed by atoms with Crippen LogP contribution < -0.4 is 4.74 Å². The van der Waals surface area contributed by atoms with Crippen molar-refractivity contribution in [2.45, 2.75) is 39.2 Å². The maximum absolute atomic E-state index is 5.65. The van der Waals surface area contributed by atoms with Crippen LogP contribution in [-0.4, -0.2) is 44.7 Å². The molecule has 0 aliphatic carbocycles. The Morgan fingerprint density at radius 1 is 1.26 bits per heavy atom. The van der Waals surface area contributed by atoms with Crippen LogP contribution in [0.4, 0.5) is 0 Å². The van der Waals surface area contributed by atoms with Gasteiger partial charge in [0.1, 0.15) is 0 Å². The predicted molar refractivity (Wildman–Crippen MR) is 83.9 cm³/mol. The Morgan fingerprint density at radius 3 is 2.65 bits per heavy atom. The van der Waals surface area contributed by atoms with Crippen molar-refractivity contribution in [2.24, 2.45) is 5.92 Å². The lowest BCUT2D eigenvalue weighted by molar-refractivity contribution is 0.123. The first kappa shape index (κ1) is 15.9. The van der Waals surface area contributed by atoms with Crippen molar-refractivity contribution in [1.29, 1.82) is 0 Å². The minimum atomic E-state index is 0.301. The first-order valence-electron chi connectivity index (χ1n) is 8.15. The van der Waals surface area contributed by atoms with Crippen LogP contribution in [0.1, 0.15) is 44.3 Å². The number of ether oxygens (including phenoxy) is 1. The smallest absolute Gasteiger partial charge is 0.316 e. The fourth-order valence-electron chi connectivity index (χ4n) is 2.62. The molecule has 0 aromatic carbocycles. The first-order valence-corrected chi connectivity index (χ1v) is 8.15. The van der Waals surface area contributed by atoms with Gasteiger partial charge in [-0.15, -0.1) is 0 Å². The van der Waals surface area contributed by atoms with Gasteiger partial charge in [-0.3, -0.25) is 4.90 Å². The lowest BCUT2D eigenvalue weighted by atomic mass is 9.98. The quantitative estimate of drug-likeness (QED) is 0.808. The van der Waals surface area contributed by atoms with E-state index in [0.29, 0.717) is 30.3 Å². The molecule has 0 spiro atoms. The molecule has 0 N–H and O–H groups in total. The molecule has 2 aromatic heterocycles. The van der Waals surface area contributed by atoms with E-state index < -0.39 is 0 Å². The van der Waals surface area contributed by atoms with Gasteiger partial charge >= 0.3 is 6.01 Å². The number of nitrogens with zero attached hydrogens (tertiary/aromatic N) is 5. The topological polar surface area (TPSA) is 77.2 Å². The monoisotopic (exact) mass is 317 g/mol. The zero-order chi connectivity index (χ0) is 16.1. The lowest BCUT2D eigenvalue weighted by Crippen LogP contribution is -2.35. The summed E-state index contributed by atoms with van der Waals surface area (Å²) in [5, 5.41) is 4.01. The normalized spacial score (nSPS) is 16.8. The van der Waals surface area contributed by atoms with Crippen LogP contribution in [0.25, 0.3) is 0 Å². The van der Waals surface area contributed by atoms with Crippen molar-refractivity contribution in [2.75, 3.05) is 19.7 Å². The molecular weight excluding hydrogens is 294 g/mol. The molecule has 1 aliphatic heterocycles.